The first kappa shape index (κ1) is 17.5. The van der Waals surface area contributed by atoms with Gasteiger partial charge in [0.1, 0.15) is 11.6 Å². The molecule has 2 heterocycles. The fourth-order valence-corrected chi connectivity index (χ4v) is 3.23. The van der Waals surface area contributed by atoms with E-state index in [1.807, 2.05) is 30.3 Å². The van der Waals surface area contributed by atoms with Gasteiger partial charge < -0.3 is 20.1 Å². The average molecular weight is 342 g/mol. The van der Waals surface area contributed by atoms with Crippen molar-refractivity contribution in [3.8, 4) is 5.75 Å². The van der Waals surface area contributed by atoms with Crippen molar-refractivity contribution in [3.05, 3.63) is 36.0 Å². The van der Waals surface area contributed by atoms with E-state index in [-0.39, 0.29) is 12.6 Å². The highest BCUT2D eigenvalue weighted by Gasteiger charge is 2.25. The molecule has 0 bridgehead atoms. The molecular weight excluding hydrogens is 316 g/mol. The number of hydrogen-bond donors (Lipinski definition) is 2. The Balaban J connectivity index is 1.89. The van der Waals surface area contributed by atoms with Crippen LogP contribution in [0.1, 0.15) is 31.9 Å². The van der Waals surface area contributed by atoms with Crippen molar-refractivity contribution in [3.63, 3.8) is 0 Å². The Morgan fingerprint density at radius 2 is 2.20 bits per heavy atom. The Morgan fingerprint density at radius 3 is 2.96 bits per heavy atom. The van der Waals surface area contributed by atoms with Crippen molar-refractivity contribution in [2.75, 3.05) is 30.5 Å². The highest BCUT2D eigenvalue weighted by molar-refractivity contribution is 5.58. The molecule has 1 unspecified atom stereocenters. The van der Waals surface area contributed by atoms with Gasteiger partial charge in [-0.05, 0) is 31.4 Å². The summed E-state index contributed by atoms with van der Waals surface area (Å²) in [5, 5.41) is 12.9. The number of anilines is 3. The maximum atomic E-state index is 9.62. The molecule has 1 fully saturated rings. The summed E-state index contributed by atoms with van der Waals surface area (Å²) >= 11 is 0. The lowest BCUT2D eigenvalue weighted by molar-refractivity contribution is 0.266. The largest absolute Gasteiger partial charge is 0.497 e. The Morgan fingerprint density at radius 1 is 1.32 bits per heavy atom. The van der Waals surface area contributed by atoms with Crippen LogP contribution in [0, 0.1) is 0 Å². The van der Waals surface area contributed by atoms with Crippen LogP contribution in [0.25, 0.3) is 0 Å². The van der Waals surface area contributed by atoms with Gasteiger partial charge in [-0.2, -0.15) is 4.98 Å². The fraction of sp³-hybridized carbons (Fsp3) is 0.474. The molecule has 0 amide bonds. The van der Waals surface area contributed by atoms with Crippen molar-refractivity contribution >= 4 is 17.5 Å². The van der Waals surface area contributed by atoms with Crippen molar-refractivity contribution in [2.45, 2.75) is 38.6 Å². The second-order valence-electron chi connectivity index (χ2n) is 6.32. The first-order valence-electron chi connectivity index (χ1n) is 8.90. The van der Waals surface area contributed by atoms with Crippen LogP contribution in [-0.2, 0) is 6.42 Å². The van der Waals surface area contributed by atoms with Crippen molar-refractivity contribution in [1.29, 1.82) is 0 Å². The third-order valence-corrected chi connectivity index (χ3v) is 4.48. The van der Waals surface area contributed by atoms with Gasteiger partial charge in [-0.15, -0.1) is 0 Å². The number of ether oxygens (including phenoxy) is 1. The Kier molecular flexibility index (Phi) is 5.71. The maximum absolute atomic E-state index is 9.62. The molecule has 0 aliphatic carbocycles. The van der Waals surface area contributed by atoms with E-state index >= 15 is 0 Å². The van der Waals surface area contributed by atoms with Crippen LogP contribution in [0.3, 0.4) is 0 Å². The molecule has 6 heteroatoms. The summed E-state index contributed by atoms with van der Waals surface area (Å²) in [6.45, 7) is 3.22. The van der Waals surface area contributed by atoms with Gasteiger partial charge in [0.2, 0.25) is 5.95 Å². The minimum Gasteiger partial charge on any atom is -0.497 e. The molecule has 2 aromatic rings. The van der Waals surface area contributed by atoms with Crippen molar-refractivity contribution in [2.24, 2.45) is 0 Å². The number of nitrogens with one attached hydrogen (secondary N) is 1. The molecule has 1 aliphatic rings. The smallest absolute Gasteiger partial charge is 0.229 e. The number of nitrogens with zero attached hydrogens (tertiary/aromatic N) is 3. The highest BCUT2D eigenvalue weighted by atomic mass is 16.5. The van der Waals surface area contributed by atoms with Crippen LogP contribution in [0.4, 0.5) is 17.5 Å². The Labute approximate surface area is 148 Å². The third kappa shape index (κ3) is 4.20. The van der Waals surface area contributed by atoms with Crippen molar-refractivity contribution < 1.29 is 9.84 Å². The zero-order valence-electron chi connectivity index (χ0n) is 14.9. The van der Waals surface area contributed by atoms with Gasteiger partial charge in [0.05, 0.1) is 19.8 Å². The topological polar surface area (TPSA) is 70.5 Å². The number of aliphatic hydroxyl groups is 1. The standard InChI is InChI=1S/C19H26N4O2/c1-3-6-14-12-18(23-10-5-8-16(23)13-24)22-19(20-14)21-15-7-4-9-17(11-15)25-2/h4,7,9,11-12,16,24H,3,5-6,8,10,13H2,1-2H3,(H,20,21,22). The van der Waals surface area contributed by atoms with E-state index in [9.17, 15) is 5.11 Å². The molecule has 134 valence electrons. The van der Waals surface area contributed by atoms with E-state index in [1.165, 1.54) is 0 Å². The SMILES string of the molecule is CCCc1cc(N2CCCC2CO)nc(Nc2cccc(OC)c2)n1. The van der Waals surface area contributed by atoms with E-state index < -0.39 is 0 Å². The minimum absolute atomic E-state index is 0.147. The molecule has 0 saturated carbocycles. The zero-order valence-corrected chi connectivity index (χ0v) is 14.9. The first-order valence-corrected chi connectivity index (χ1v) is 8.90. The Hall–Kier alpha value is -2.34. The summed E-state index contributed by atoms with van der Waals surface area (Å²) in [6.07, 6.45) is 4.01. The summed E-state index contributed by atoms with van der Waals surface area (Å²) in [7, 11) is 1.65. The van der Waals surface area contributed by atoms with Crippen LogP contribution >= 0.6 is 0 Å². The zero-order chi connectivity index (χ0) is 17.6. The van der Waals surface area contributed by atoms with Gasteiger partial charge in [0.15, 0.2) is 0 Å². The molecule has 2 N–H and O–H groups in total. The maximum Gasteiger partial charge on any atom is 0.229 e. The lowest BCUT2D eigenvalue weighted by Gasteiger charge is -2.25. The van der Waals surface area contributed by atoms with Gasteiger partial charge in [0.25, 0.3) is 0 Å². The summed E-state index contributed by atoms with van der Waals surface area (Å²) in [4.78, 5) is 11.5. The van der Waals surface area contributed by atoms with E-state index in [0.29, 0.717) is 5.95 Å². The number of benzene rings is 1. The lowest BCUT2D eigenvalue weighted by atomic mass is 10.2. The van der Waals surface area contributed by atoms with Gasteiger partial charge in [-0.3, -0.25) is 0 Å². The van der Waals surface area contributed by atoms with Crippen LogP contribution < -0.4 is 15.0 Å². The van der Waals surface area contributed by atoms with E-state index in [4.69, 9.17) is 9.72 Å². The predicted octanol–water partition coefficient (Wildman–Crippen LogP) is 3.14. The number of methoxy groups -OCH3 is 1. The molecule has 1 aromatic carbocycles. The van der Waals surface area contributed by atoms with Gasteiger partial charge in [-0.25, -0.2) is 4.98 Å². The second-order valence-corrected chi connectivity index (χ2v) is 6.32. The summed E-state index contributed by atoms with van der Waals surface area (Å²) < 4.78 is 5.27. The van der Waals surface area contributed by atoms with E-state index in [0.717, 1.165) is 55.2 Å². The molecule has 25 heavy (non-hydrogen) atoms. The molecule has 1 saturated heterocycles. The first-order chi connectivity index (χ1) is 12.2. The molecule has 1 atom stereocenters. The predicted molar refractivity (Wildman–Crippen MR) is 99.8 cm³/mol. The third-order valence-electron chi connectivity index (χ3n) is 4.48. The molecule has 0 spiro atoms. The molecule has 1 aliphatic heterocycles. The lowest BCUT2D eigenvalue weighted by Crippen LogP contribution is -2.33. The average Bonchev–Trinajstić information content (AvgIpc) is 3.11. The highest BCUT2D eigenvalue weighted by Crippen LogP contribution is 2.27. The normalized spacial score (nSPS) is 16.9. The fourth-order valence-electron chi connectivity index (χ4n) is 3.23. The number of aliphatic hydroxyl groups excluding tert-OH is 1. The minimum atomic E-state index is 0.147. The van der Waals surface area contributed by atoms with Crippen LogP contribution in [0.15, 0.2) is 30.3 Å². The summed E-state index contributed by atoms with van der Waals surface area (Å²) in [6, 6.07) is 9.91. The molecular formula is C19H26N4O2. The van der Waals surface area contributed by atoms with Gasteiger partial charge in [-0.1, -0.05) is 19.4 Å². The Bertz CT molecular complexity index is 708. The molecule has 3 rings (SSSR count). The number of hydrogen-bond acceptors (Lipinski definition) is 6. The monoisotopic (exact) mass is 342 g/mol. The number of aromatic nitrogens is 2. The summed E-state index contributed by atoms with van der Waals surface area (Å²) in [5.41, 5.74) is 1.90. The molecule has 6 nitrogen and oxygen atoms in total. The number of aryl methyl sites for hydroxylation is 1. The number of rotatable bonds is 7. The van der Waals surface area contributed by atoms with Crippen LogP contribution in [0.5, 0.6) is 5.75 Å². The molecule has 0 radical (unpaired) electrons. The van der Waals surface area contributed by atoms with Crippen molar-refractivity contribution in [1.82, 2.24) is 9.97 Å². The van der Waals surface area contributed by atoms with Crippen LogP contribution in [0.2, 0.25) is 0 Å². The summed E-state index contributed by atoms with van der Waals surface area (Å²) in [5.74, 6) is 2.26. The van der Waals surface area contributed by atoms with E-state index in [1.54, 1.807) is 7.11 Å². The second kappa shape index (κ2) is 8.16. The quantitative estimate of drug-likeness (QED) is 0.805. The van der Waals surface area contributed by atoms with Gasteiger partial charge in [0, 0.05) is 30.1 Å². The van der Waals surface area contributed by atoms with Crippen LogP contribution in [-0.4, -0.2) is 41.4 Å². The van der Waals surface area contributed by atoms with Gasteiger partial charge >= 0.3 is 0 Å². The molecule has 1 aromatic heterocycles. The van der Waals surface area contributed by atoms with E-state index in [2.05, 4.69) is 22.1 Å².